The summed E-state index contributed by atoms with van der Waals surface area (Å²) < 4.78 is 28.0. The fourth-order valence-corrected chi connectivity index (χ4v) is 2.40. The first kappa shape index (κ1) is 12.8. The maximum atomic E-state index is 14.0. The van der Waals surface area contributed by atoms with Gasteiger partial charge in [-0.2, -0.15) is 0 Å². The molecule has 2 rings (SSSR count). The van der Waals surface area contributed by atoms with Crippen LogP contribution in [0.3, 0.4) is 0 Å². The summed E-state index contributed by atoms with van der Waals surface area (Å²) in [6.45, 7) is 1.65. The molecule has 1 atom stereocenters. The van der Waals surface area contributed by atoms with E-state index < -0.39 is 5.92 Å². The summed E-state index contributed by atoms with van der Waals surface area (Å²) in [6, 6.07) is 5.87. The number of hydrogen-bond donors (Lipinski definition) is 1. The molecule has 17 heavy (non-hydrogen) atoms. The van der Waals surface area contributed by atoms with Crippen LogP contribution in [-0.2, 0) is 5.92 Å². The van der Waals surface area contributed by atoms with Crippen LogP contribution in [-0.4, -0.2) is 13.1 Å². The van der Waals surface area contributed by atoms with Gasteiger partial charge in [0.05, 0.1) is 0 Å². The summed E-state index contributed by atoms with van der Waals surface area (Å²) in [6.07, 6.45) is 1.79. The van der Waals surface area contributed by atoms with Gasteiger partial charge in [0.25, 0.3) is 5.92 Å². The Kier molecular flexibility index (Phi) is 4.00. The van der Waals surface area contributed by atoms with Crippen molar-refractivity contribution in [3.8, 4) is 0 Å². The normalized spacial score (nSPS) is 21.5. The number of hydrogen-bond acceptors (Lipinski definition) is 1. The summed E-state index contributed by atoms with van der Waals surface area (Å²) >= 11 is 5.70. The molecule has 0 radical (unpaired) electrons. The van der Waals surface area contributed by atoms with Crippen LogP contribution in [0.4, 0.5) is 8.78 Å². The Bertz CT molecular complexity index is 358. The first-order valence-corrected chi connectivity index (χ1v) is 6.30. The molecule has 1 unspecified atom stereocenters. The lowest BCUT2D eigenvalue weighted by Gasteiger charge is -2.27. The minimum atomic E-state index is -2.76. The third-order valence-electron chi connectivity index (χ3n) is 3.21. The molecule has 1 nitrogen and oxygen atoms in total. The molecule has 1 saturated heterocycles. The van der Waals surface area contributed by atoms with E-state index in [1.54, 1.807) is 0 Å². The fraction of sp³-hybridized carbons (Fsp3) is 0.538. The third kappa shape index (κ3) is 3.39. The van der Waals surface area contributed by atoms with Gasteiger partial charge in [0.1, 0.15) is 0 Å². The van der Waals surface area contributed by atoms with Crippen molar-refractivity contribution in [2.75, 3.05) is 13.1 Å². The molecule has 0 amide bonds. The molecule has 1 fully saturated rings. The van der Waals surface area contributed by atoms with Crippen molar-refractivity contribution < 1.29 is 8.78 Å². The third-order valence-corrected chi connectivity index (χ3v) is 3.46. The average Bonchev–Trinajstić information content (AvgIpc) is 2.30. The number of alkyl halides is 2. The Morgan fingerprint density at radius 1 is 1.29 bits per heavy atom. The zero-order chi connectivity index (χ0) is 12.3. The minimum absolute atomic E-state index is 0.0625. The topological polar surface area (TPSA) is 12.0 Å². The molecular weight excluding hydrogens is 244 g/mol. The number of rotatable bonds is 3. The molecule has 1 heterocycles. The quantitative estimate of drug-likeness (QED) is 0.870. The first-order chi connectivity index (χ1) is 8.08. The number of halogens is 3. The summed E-state index contributed by atoms with van der Waals surface area (Å²) in [5.41, 5.74) is 0.0625. The van der Waals surface area contributed by atoms with E-state index in [2.05, 4.69) is 5.32 Å². The van der Waals surface area contributed by atoms with Crippen molar-refractivity contribution >= 4 is 11.6 Å². The molecule has 1 N–H and O–H groups in total. The van der Waals surface area contributed by atoms with Gasteiger partial charge in [0, 0.05) is 17.0 Å². The number of benzene rings is 1. The van der Waals surface area contributed by atoms with Gasteiger partial charge < -0.3 is 5.32 Å². The summed E-state index contributed by atoms with van der Waals surface area (Å²) in [7, 11) is 0. The molecule has 0 saturated carbocycles. The maximum Gasteiger partial charge on any atom is 0.273 e. The van der Waals surface area contributed by atoms with Crippen LogP contribution >= 0.6 is 11.6 Å². The smallest absolute Gasteiger partial charge is 0.273 e. The van der Waals surface area contributed by atoms with Gasteiger partial charge in [-0.25, -0.2) is 8.78 Å². The lowest BCUT2D eigenvalue weighted by molar-refractivity contribution is -0.0317. The van der Waals surface area contributed by atoms with E-state index in [4.69, 9.17) is 11.6 Å². The van der Waals surface area contributed by atoms with Gasteiger partial charge in [-0.3, -0.25) is 0 Å². The SMILES string of the molecule is FC(F)(CC1CCCNC1)c1ccc(Cl)cc1. The largest absolute Gasteiger partial charge is 0.316 e. The van der Waals surface area contributed by atoms with Crippen molar-refractivity contribution in [2.24, 2.45) is 5.92 Å². The summed E-state index contributed by atoms with van der Waals surface area (Å²) in [4.78, 5) is 0. The Morgan fingerprint density at radius 3 is 2.59 bits per heavy atom. The van der Waals surface area contributed by atoms with E-state index in [1.165, 1.54) is 24.3 Å². The monoisotopic (exact) mass is 259 g/mol. The maximum absolute atomic E-state index is 14.0. The highest BCUT2D eigenvalue weighted by atomic mass is 35.5. The van der Waals surface area contributed by atoms with Crippen molar-refractivity contribution in [1.29, 1.82) is 0 Å². The van der Waals surface area contributed by atoms with Gasteiger partial charge in [-0.15, -0.1) is 0 Å². The van der Waals surface area contributed by atoms with Gasteiger partial charge in [-0.05, 0) is 44.0 Å². The standard InChI is InChI=1S/C13H16ClF2N/c14-12-5-3-11(4-6-12)13(15,16)8-10-2-1-7-17-9-10/h3-6,10,17H,1-2,7-9H2. The first-order valence-electron chi connectivity index (χ1n) is 5.92. The highest BCUT2D eigenvalue weighted by Crippen LogP contribution is 2.36. The van der Waals surface area contributed by atoms with E-state index in [0.717, 1.165) is 19.4 Å². The zero-order valence-corrected chi connectivity index (χ0v) is 10.3. The molecule has 1 aromatic carbocycles. The molecule has 1 aliphatic heterocycles. The van der Waals surface area contributed by atoms with Crippen LogP contribution in [0.2, 0.25) is 5.02 Å². The van der Waals surface area contributed by atoms with E-state index in [9.17, 15) is 8.78 Å². The fourth-order valence-electron chi connectivity index (χ4n) is 2.27. The van der Waals surface area contributed by atoms with E-state index in [-0.39, 0.29) is 17.9 Å². The molecule has 0 bridgehead atoms. The Morgan fingerprint density at radius 2 is 2.00 bits per heavy atom. The number of nitrogens with one attached hydrogen (secondary N) is 1. The minimum Gasteiger partial charge on any atom is -0.316 e. The molecule has 1 aliphatic rings. The van der Waals surface area contributed by atoms with Crippen LogP contribution in [0.25, 0.3) is 0 Å². The van der Waals surface area contributed by atoms with Gasteiger partial charge in [0.15, 0.2) is 0 Å². The molecular formula is C13H16ClF2N. The van der Waals surface area contributed by atoms with E-state index >= 15 is 0 Å². The average molecular weight is 260 g/mol. The second kappa shape index (κ2) is 5.32. The molecule has 0 aliphatic carbocycles. The molecule has 94 valence electrons. The second-order valence-electron chi connectivity index (χ2n) is 4.63. The van der Waals surface area contributed by atoms with Crippen LogP contribution in [0.15, 0.2) is 24.3 Å². The van der Waals surface area contributed by atoms with Gasteiger partial charge in [-0.1, -0.05) is 23.7 Å². The summed E-state index contributed by atoms with van der Waals surface area (Å²) in [5.74, 6) is -2.69. The van der Waals surface area contributed by atoms with Crippen LogP contribution < -0.4 is 5.32 Å². The van der Waals surface area contributed by atoms with Crippen molar-refractivity contribution in [1.82, 2.24) is 5.32 Å². The van der Waals surface area contributed by atoms with Crippen molar-refractivity contribution in [2.45, 2.75) is 25.2 Å². The van der Waals surface area contributed by atoms with Crippen LogP contribution in [0.5, 0.6) is 0 Å². The van der Waals surface area contributed by atoms with Crippen molar-refractivity contribution in [3.63, 3.8) is 0 Å². The predicted octanol–water partition coefficient (Wildman–Crippen LogP) is 3.82. The van der Waals surface area contributed by atoms with Gasteiger partial charge in [0.2, 0.25) is 0 Å². The lowest BCUT2D eigenvalue weighted by Crippen LogP contribution is -2.33. The lowest BCUT2D eigenvalue weighted by atomic mass is 9.90. The van der Waals surface area contributed by atoms with E-state index in [1.807, 2.05) is 0 Å². The Balaban J connectivity index is 2.04. The van der Waals surface area contributed by atoms with Crippen molar-refractivity contribution in [3.05, 3.63) is 34.9 Å². The summed E-state index contributed by atoms with van der Waals surface area (Å²) in [5, 5.41) is 3.65. The Hall–Kier alpha value is -0.670. The van der Waals surface area contributed by atoms with Crippen LogP contribution in [0.1, 0.15) is 24.8 Å². The molecule has 4 heteroatoms. The zero-order valence-electron chi connectivity index (χ0n) is 9.56. The molecule has 0 spiro atoms. The number of piperidine rings is 1. The second-order valence-corrected chi connectivity index (χ2v) is 5.06. The Labute approximate surface area is 105 Å². The molecule has 1 aromatic rings. The van der Waals surface area contributed by atoms with E-state index in [0.29, 0.717) is 11.6 Å². The highest BCUT2D eigenvalue weighted by Gasteiger charge is 2.34. The van der Waals surface area contributed by atoms with Gasteiger partial charge >= 0.3 is 0 Å². The van der Waals surface area contributed by atoms with Crippen LogP contribution in [0, 0.1) is 5.92 Å². The molecule has 0 aromatic heterocycles. The predicted molar refractivity (Wildman–Crippen MR) is 65.6 cm³/mol. The highest BCUT2D eigenvalue weighted by molar-refractivity contribution is 6.30.